The maximum atomic E-state index is 13.5. The Labute approximate surface area is 139 Å². The average Bonchev–Trinajstić information content (AvgIpc) is 2.99. The van der Waals surface area contributed by atoms with Crippen molar-refractivity contribution >= 4 is 11.5 Å². The van der Waals surface area contributed by atoms with E-state index >= 15 is 0 Å². The molecule has 1 aromatic carbocycles. The first kappa shape index (κ1) is 16.9. The summed E-state index contributed by atoms with van der Waals surface area (Å²) in [4.78, 5) is 1.58. The van der Waals surface area contributed by atoms with Crippen LogP contribution in [-0.4, -0.2) is 40.0 Å². The van der Waals surface area contributed by atoms with Gasteiger partial charge in [-0.05, 0) is 24.3 Å². The molecule has 0 aliphatic rings. The highest BCUT2D eigenvalue weighted by Crippen LogP contribution is 2.27. The Kier molecular flexibility index (Phi) is 4.43. The van der Waals surface area contributed by atoms with Crippen molar-refractivity contribution in [3.05, 3.63) is 48.0 Å². The van der Waals surface area contributed by atoms with Crippen LogP contribution in [0.5, 0.6) is 5.75 Å². The molecule has 0 bridgehead atoms. The summed E-state index contributed by atoms with van der Waals surface area (Å²) in [5.74, 6) is -1.29. The minimum atomic E-state index is -4.66. The number of anilines is 1. The lowest BCUT2D eigenvalue weighted by molar-refractivity contribution is -0.146. The molecule has 3 rings (SSSR count). The third-order valence-electron chi connectivity index (χ3n) is 3.41. The van der Waals surface area contributed by atoms with Crippen molar-refractivity contribution in [1.29, 1.82) is 0 Å². The summed E-state index contributed by atoms with van der Waals surface area (Å²) >= 11 is 0. The Morgan fingerprint density at radius 2 is 1.88 bits per heavy atom. The first-order valence-electron chi connectivity index (χ1n) is 7.24. The number of fused-ring (bicyclic) bond motifs is 1. The number of halogens is 4. The summed E-state index contributed by atoms with van der Waals surface area (Å²) in [6.45, 7) is 0.418. The van der Waals surface area contributed by atoms with Gasteiger partial charge in [0.05, 0.1) is 6.54 Å². The third-order valence-corrected chi connectivity index (χ3v) is 3.41. The molecule has 25 heavy (non-hydrogen) atoms. The van der Waals surface area contributed by atoms with E-state index in [1.165, 1.54) is 24.3 Å². The van der Waals surface area contributed by atoms with Crippen molar-refractivity contribution < 1.29 is 22.3 Å². The first-order chi connectivity index (χ1) is 11.9. The van der Waals surface area contributed by atoms with E-state index in [1.54, 1.807) is 24.1 Å². The van der Waals surface area contributed by atoms with Crippen LogP contribution < -0.4 is 9.64 Å². The van der Waals surface area contributed by atoms with Crippen LogP contribution >= 0.6 is 0 Å². The van der Waals surface area contributed by atoms with Gasteiger partial charge in [-0.1, -0.05) is 12.1 Å². The molecule has 3 aromatic rings. The summed E-state index contributed by atoms with van der Waals surface area (Å²) in [5, 5.41) is 10.5. The van der Waals surface area contributed by atoms with Crippen molar-refractivity contribution in [1.82, 2.24) is 19.8 Å². The molecule has 0 fully saturated rings. The summed E-state index contributed by atoms with van der Waals surface area (Å²) in [7, 11) is 1.64. The minimum Gasteiger partial charge on any atom is -0.489 e. The number of aromatic nitrogens is 4. The quantitative estimate of drug-likeness (QED) is 0.659. The molecule has 0 amide bonds. The molecule has 0 aliphatic heterocycles. The summed E-state index contributed by atoms with van der Waals surface area (Å²) in [6, 6.07) is 8.87. The van der Waals surface area contributed by atoms with Crippen molar-refractivity contribution in [2.75, 3.05) is 25.1 Å². The van der Waals surface area contributed by atoms with Crippen LogP contribution in [0.25, 0.3) is 5.65 Å². The second-order valence-electron chi connectivity index (χ2n) is 5.18. The van der Waals surface area contributed by atoms with Crippen LogP contribution in [0.3, 0.4) is 0 Å². The van der Waals surface area contributed by atoms with Crippen LogP contribution in [0.15, 0.2) is 36.4 Å². The third kappa shape index (κ3) is 3.62. The number of likely N-dealkylation sites (N-methyl/N-ethyl adjacent to an activating group) is 1. The number of para-hydroxylation sites is 1. The van der Waals surface area contributed by atoms with Crippen molar-refractivity contribution in [3.63, 3.8) is 0 Å². The van der Waals surface area contributed by atoms with Gasteiger partial charge in [0.2, 0.25) is 0 Å². The van der Waals surface area contributed by atoms with Crippen molar-refractivity contribution in [2.45, 2.75) is 6.18 Å². The predicted octanol–water partition coefficient (Wildman–Crippen LogP) is 2.80. The molecule has 2 heterocycles. The van der Waals surface area contributed by atoms with Crippen molar-refractivity contribution in [2.24, 2.45) is 0 Å². The molecular formula is C15H13F4N5O. The first-order valence-corrected chi connectivity index (χ1v) is 7.24. The van der Waals surface area contributed by atoms with Crippen molar-refractivity contribution in [3.8, 4) is 5.75 Å². The number of benzene rings is 1. The fourth-order valence-electron chi connectivity index (χ4n) is 2.13. The molecule has 0 atom stereocenters. The zero-order chi connectivity index (χ0) is 18.0. The van der Waals surface area contributed by atoms with E-state index in [9.17, 15) is 17.6 Å². The minimum absolute atomic E-state index is 0.00733. The molecule has 0 saturated heterocycles. The van der Waals surface area contributed by atoms with E-state index < -0.39 is 17.8 Å². The molecule has 6 nitrogen and oxygen atoms in total. The van der Waals surface area contributed by atoms with Gasteiger partial charge in [-0.2, -0.15) is 17.7 Å². The second kappa shape index (κ2) is 6.54. The monoisotopic (exact) mass is 355 g/mol. The summed E-state index contributed by atoms with van der Waals surface area (Å²) in [5.41, 5.74) is -0.00733. The molecule has 0 saturated carbocycles. The second-order valence-corrected chi connectivity index (χ2v) is 5.18. The number of ether oxygens (including phenoxy) is 1. The zero-order valence-electron chi connectivity index (χ0n) is 13.0. The van der Waals surface area contributed by atoms with E-state index in [4.69, 9.17) is 4.74 Å². The van der Waals surface area contributed by atoms with Crippen LogP contribution in [0.1, 0.15) is 5.82 Å². The van der Waals surface area contributed by atoms with Gasteiger partial charge in [-0.25, -0.2) is 4.39 Å². The SMILES string of the molecule is CN(CCOc1ccccc1F)c1ccc2nnc(C(F)(F)F)n2n1. The molecule has 0 aliphatic carbocycles. The van der Waals surface area contributed by atoms with Crippen LogP contribution in [0.2, 0.25) is 0 Å². The van der Waals surface area contributed by atoms with E-state index in [2.05, 4.69) is 15.3 Å². The van der Waals surface area contributed by atoms with E-state index in [-0.39, 0.29) is 30.4 Å². The lowest BCUT2D eigenvalue weighted by Gasteiger charge is -2.18. The average molecular weight is 355 g/mol. The van der Waals surface area contributed by atoms with E-state index in [0.29, 0.717) is 4.52 Å². The molecule has 2 aromatic heterocycles. The number of rotatable bonds is 5. The largest absolute Gasteiger partial charge is 0.489 e. The molecule has 0 N–H and O–H groups in total. The van der Waals surface area contributed by atoms with Crippen LogP contribution in [-0.2, 0) is 6.18 Å². The normalized spacial score (nSPS) is 11.7. The van der Waals surface area contributed by atoms with Gasteiger partial charge in [0.1, 0.15) is 12.4 Å². The van der Waals surface area contributed by atoms with Gasteiger partial charge < -0.3 is 9.64 Å². The fourth-order valence-corrected chi connectivity index (χ4v) is 2.13. The lowest BCUT2D eigenvalue weighted by atomic mass is 10.3. The Balaban J connectivity index is 1.71. The summed E-state index contributed by atoms with van der Waals surface area (Å²) < 4.78 is 58.1. The van der Waals surface area contributed by atoms with E-state index in [1.807, 2.05) is 0 Å². The predicted molar refractivity (Wildman–Crippen MR) is 80.9 cm³/mol. The maximum absolute atomic E-state index is 13.5. The molecule has 0 radical (unpaired) electrons. The molecular weight excluding hydrogens is 342 g/mol. The summed E-state index contributed by atoms with van der Waals surface area (Å²) in [6.07, 6.45) is -4.66. The highest BCUT2D eigenvalue weighted by molar-refractivity contribution is 5.45. The topological polar surface area (TPSA) is 55.5 Å². The number of nitrogens with zero attached hydrogens (tertiary/aromatic N) is 5. The Hall–Kier alpha value is -2.91. The molecule has 0 unspecified atom stereocenters. The molecule has 10 heteroatoms. The van der Waals surface area contributed by atoms with Crippen LogP contribution in [0, 0.1) is 5.82 Å². The van der Waals surface area contributed by atoms with Gasteiger partial charge in [0.25, 0.3) is 5.82 Å². The smallest absolute Gasteiger partial charge is 0.453 e. The highest BCUT2D eigenvalue weighted by Gasteiger charge is 2.37. The van der Waals surface area contributed by atoms with E-state index in [0.717, 1.165) is 0 Å². The molecule has 132 valence electrons. The Bertz CT molecular complexity index is 880. The van der Waals surface area contributed by atoms with Gasteiger partial charge in [0, 0.05) is 7.05 Å². The van der Waals surface area contributed by atoms with Gasteiger partial charge in [-0.15, -0.1) is 15.3 Å². The Morgan fingerprint density at radius 1 is 1.12 bits per heavy atom. The number of alkyl halides is 3. The maximum Gasteiger partial charge on any atom is 0.453 e. The lowest BCUT2D eigenvalue weighted by Crippen LogP contribution is -2.25. The van der Waals surface area contributed by atoms with Crippen LogP contribution in [0.4, 0.5) is 23.4 Å². The standard InChI is InChI=1S/C15H13F4N5O/c1-23(8-9-25-11-5-3-2-4-10(11)16)13-7-6-12-20-21-14(15(17,18)19)24(12)22-13/h2-7H,8-9H2,1H3. The van der Waals surface area contributed by atoms with Gasteiger partial charge >= 0.3 is 6.18 Å². The van der Waals surface area contributed by atoms with Gasteiger partial charge in [0.15, 0.2) is 17.2 Å². The highest BCUT2D eigenvalue weighted by atomic mass is 19.4. The van der Waals surface area contributed by atoms with Gasteiger partial charge in [-0.3, -0.25) is 0 Å². The fraction of sp³-hybridized carbons (Fsp3) is 0.267. The number of hydrogen-bond acceptors (Lipinski definition) is 5. The number of hydrogen-bond donors (Lipinski definition) is 0. The zero-order valence-corrected chi connectivity index (χ0v) is 13.0. The molecule has 0 spiro atoms. The Morgan fingerprint density at radius 3 is 2.60 bits per heavy atom.